The molecule has 1 aromatic carbocycles. The van der Waals surface area contributed by atoms with Crippen LogP contribution in [0.3, 0.4) is 0 Å². The highest BCUT2D eigenvalue weighted by Crippen LogP contribution is 2.35. The summed E-state index contributed by atoms with van der Waals surface area (Å²) < 4.78 is 4.55. The summed E-state index contributed by atoms with van der Waals surface area (Å²) in [6.45, 7) is 1.73. The van der Waals surface area contributed by atoms with Gasteiger partial charge >= 0.3 is 17.9 Å². The number of hydrogen-bond donors (Lipinski definition) is 1. The normalized spacial score (nSPS) is 20.0. The van der Waals surface area contributed by atoms with Gasteiger partial charge in [0.1, 0.15) is 0 Å². The predicted molar refractivity (Wildman–Crippen MR) is 78.7 cm³/mol. The van der Waals surface area contributed by atoms with Crippen molar-refractivity contribution >= 4 is 29.8 Å². The Morgan fingerprint density at radius 3 is 2.61 bits per heavy atom. The van der Waals surface area contributed by atoms with Gasteiger partial charge in [-0.2, -0.15) is 0 Å². The number of carboxylic acid groups (broad SMARTS) is 1. The maximum atomic E-state index is 11.6. The molecule has 6 nitrogen and oxygen atoms in total. The Labute approximate surface area is 131 Å². The van der Waals surface area contributed by atoms with Crippen molar-refractivity contribution in [2.24, 2.45) is 5.92 Å². The summed E-state index contributed by atoms with van der Waals surface area (Å²) in [7, 11) is 0. The monoisotopic (exact) mass is 312 g/mol. The molecule has 0 fully saturated rings. The average Bonchev–Trinajstić information content (AvgIpc) is 2.80. The SMILES string of the molecule is CC1CC(c2ccc3c(c2)C(=O)OC3=O)=CC(C=O)=C1C(=O)O. The van der Waals surface area contributed by atoms with Crippen LogP contribution in [-0.4, -0.2) is 29.3 Å². The second kappa shape index (κ2) is 5.31. The first-order chi connectivity index (χ1) is 10.9. The van der Waals surface area contributed by atoms with E-state index in [1.54, 1.807) is 13.0 Å². The van der Waals surface area contributed by atoms with Crippen molar-refractivity contribution in [2.45, 2.75) is 13.3 Å². The summed E-state index contributed by atoms with van der Waals surface area (Å²) in [6.07, 6.45) is 2.45. The van der Waals surface area contributed by atoms with Crippen LogP contribution in [0.5, 0.6) is 0 Å². The molecule has 0 bridgehead atoms. The summed E-state index contributed by atoms with van der Waals surface area (Å²) >= 11 is 0. The standard InChI is InChI=1S/C17H12O6/c1-8-4-10(5-11(7-18)14(8)15(19)20)9-2-3-12-13(6-9)17(22)23-16(12)21/h2-3,5-8H,4H2,1H3,(H,19,20). The Balaban J connectivity index is 2.09. The Morgan fingerprint density at radius 2 is 1.96 bits per heavy atom. The number of rotatable bonds is 3. The van der Waals surface area contributed by atoms with E-state index in [0.29, 0.717) is 18.3 Å². The third kappa shape index (κ3) is 2.38. The lowest BCUT2D eigenvalue weighted by Gasteiger charge is -2.22. The summed E-state index contributed by atoms with van der Waals surface area (Å²) in [5, 5.41) is 9.21. The van der Waals surface area contributed by atoms with Crippen LogP contribution >= 0.6 is 0 Å². The van der Waals surface area contributed by atoms with E-state index in [1.165, 1.54) is 18.2 Å². The van der Waals surface area contributed by atoms with Gasteiger partial charge in [0.15, 0.2) is 6.29 Å². The molecule has 1 aliphatic heterocycles. The molecule has 1 aliphatic carbocycles. The Bertz CT molecular complexity index is 827. The first kappa shape index (κ1) is 14.9. The van der Waals surface area contributed by atoms with Gasteiger partial charge in [0.05, 0.1) is 16.7 Å². The first-order valence-electron chi connectivity index (χ1n) is 6.96. The van der Waals surface area contributed by atoms with E-state index in [1.807, 2.05) is 0 Å². The maximum absolute atomic E-state index is 11.6. The molecule has 1 N–H and O–H groups in total. The molecule has 23 heavy (non-hydrogen) atoms. The molecule has 0 amide bonds. The molecule has 1 aromatic rings. The minimum absolute atomic E-state index is 0.0829. The lowest BCUT2D eigenvalue weighted by molar-refractivity contribution is -0.133. The fourth-order valence-corrected chi connectivity index (χ4v) is 2.96. The number of allylic oxidation sites excluding steroid dienone is 3. The quantitative estimate of drug-likeness (QED) is 0.521. The number of hydrogen-bond acceptors (Lipinski definition) is 5. The van der Waals surface area contributed by atoms with E-state index in [2.05, 4.69) is 4.74 Å². The molecule has 0 saturated heterocycles. The fourth-order valence-electron chi connectivity index (χ4n) is 2.96. The molecular formula is C17H12O6. The summed E-state index contributed by atoms with van der Waals surface area (Å²) in [5.74, 6) is -2.83. The minimum atomic E-state index is -1.11. The number of benzene rings is 1. The summed E-state index contributed by atoms with van der Waals surface area (Å²) in [5.41, 5.74) is 1.98. The number of ether oxygens (including phenoxy) is 1. The Morgan fingerprint density at radius 1 is 1.26 bits per heavy atom. The number of esters is 2. The van der Waals surface area contributed by atoms with Gasteiger partial charge in [0.2, 0.25) is 0 Å². The van der Waals surface area contributed by atoms with Crippen molar-refractivity contribution in [3.05, 3.63) is 52.1 Å². The third-order valence-electron chi connectivity index (χ3n) is 4.03. The van der Waals surface area contributed by atoms with Gasteiger partial charge in [-0.1, -0.05) is 13.0 Å². The first-order valence-corrected chi connectivity index (χ1v) is 6.96. The highest BCUT2D eigenvalue weighted by molar-refractivity contribution is 6.15. The number of carbonyl (C=O) groups excluding carboxylic acids is 3. The van der Waals surface area contributed by atoms with Crippen molar-refractivity contribution in [3.63, 3.8) is 0 Å². The summed E-state index contributed by atoms with van der Waals surface area (Å²) in [4.78, 5) is 45.5. The topological polar surface area (TPSA) is 97.7 Å². The van der Waals surface area contributed by atoms with Crippen LogP contribution in [0, 0.1) is 5.92 Å². The molecule has 0 saturated carbocycles. The molecule has 2 aliphatic rings. The van der Waals surface area contributed by atoms with Crippen LogP contribution in [0.15, 0.2) is 35.4 Å². The van der Waals surface area contributed by atoms with Crippen molar-refractivity contribution in [2.75, 3.05) is 0 Å². The van der Waals surface area contributed by atoms with Crippen LogP contribution in [0.1, 0.15) is 39.6 Å². The second-order valence-corrected chi connectivity index (χ2v) is 5.50. The van der Waals surface area contributed by atoms with Crippen LogP contribution < -0.4 is 0 Å². The van der Waals surface area contributed by atoms with Crippen molar-refractivity contribution < 1.29 is 29.0 Å². The smallest absolute Gasteiger partial charge is 0.346 e. The lowest BCUT2D eigenvalue weighted by Crippen LogP contribution is -2.17. The van der Waals surface area contributed by atoms with Gasteiger partial charge in [0.25, 0.3) is 0 Å². The molecular weight excluding hydrogens is 300 g/mol. The molecule has 6 heteroatoms. The van der Waals surface area contributed by atoms with Crippen molar-refractivity contribution in [1.82, 2.24) is 0 Å². The average molecular weight is 312 g/mol. The van der Waals surface area contributed by atoms with Gasteiger partial charge in [-0.15, -0.1) is 0 Å². The maximum Gasteiger partial charge on any atom is 0.346 e. The van der Waals surface area contributed by atoms with Gasteiger partial charge in [-0.25, -0.2) is 14.4 Å². The van der Waals surface area contributed by atoms with Crippen molar-refractivity contribution in [3.8, 4) is 0 Å². The van der Waals surface area contributed by atoms with E-state index >= 15 is 0 Å². The zero-order valence-electron chi connectivity index (χ0n) is 12.2. The minimum Gasteiger partial charge on any atom is -0.478 e. The Hall–Kier alpha value is -3.02. The number of aldehydes is 1. The molecule has 116 valence electrons. The highest BCUT2D eigenvalue weighted by Gasteiger charge is 2.31. The highest BCUT2D eigenvalue weighted by atomic mass is 16.6. The zero-order valence-corrected chi connectivity index (χ0v) is 12.2. The molecule has 0 radical (unpaired) electrons. The van der Waals surface area contributed by atoms with E-state index in [4.69, 9.17) is 0 Å². The second-order valence-electron chi connectivity index (χ2n) is 5.50. The van der Waals surface area contributed by atoms with Gasteiger partial charge in [0, 0.05) is 5.57 Å². The zero-order chi connectivity index (χ0) is 16.7. The number of fused-ring (bicyclic) bond motifs is 1. The van der Waals surface area contributed by atoms with Crippen LogP contribution in [0.25, 0.3) is 5.57 Å². The third-order valence-corrected chi connectivity index (χ3v) is 4.03. The molecule has 0 aromatic heterocycles. The molecule has 0 spiro atoms. The number of carbonyl (C=O) groups is 4. The molecule has 1 heterocycles. The van der Waals surface area contributed by atoms with E-state index < -0.39 is 17.9 Å². The fraction of sp³-hybridized carbons (Fsp3) is 0.176. The largest absolute Gasteiger partial charge is 0.478 e. The van der Waals surface area contributed by atoms with Crippen LogP contribution in [0.2, 0.25) is 0 Å². The van der Waals surface area contributed by atoms with Crippen LogP contribution in [-0.2, 0) is 14.3 Å². The van der Waals surface area contributed by atoms with Gasteiger partial charge in [-0.3, -0.25) is 4.79 Å². The number of carboxylic acids is 1. The van der Waals surface area contributed by atoms with E-state index in [9.17, 15) is 24.3 Å². The van der Waals surface area contributed by atoms with E-state index in [0.717, 1.165) is 5.57 Å². The molecule has 1 unspecified atom stereocenters. The van der Waals surface area contributed by atoms with E-state index in [-0.39, 0.29) is 28.2 Å². The Kier molecular flexibility index (Phi) is 3.44. The summed E-state index contributed by atoms with van der Waals surface area (Å²) in [6, 6.07) is 4.70. The lowest BCUT2D eigenvalue weighted by atomic mass is 9.81. The predicted octanol–water partition coefficient (Wildman–Crippen LogP) is 2.00. The van der Waals surface area contributed by atoms with Gasteiger partial charge < -0.3 is 9.84 Å². The van der Waals surface area contributed by atoms with Crippen molar-refractivity contribution in [1.29, 1.82) is 0 Å². The molecule has 3 rings (SSSR count). The molecule has 1 atom stereocenters. The number of aliphatic carboxylic acids is 1. The number of cyclic esters (lactones) is 2. The van der Waals surface area contributed by atoms with Gasteiger partial charge in [-0.05, 0) is 41.7 Å². The van der Waals surface area contributed by atoms with Crippen LogP contribution in [0.4, 0.5) is 0 Å².